The normalized spacial score (nSPS) is 10.3. The Hall–Kier alpha value is -2.89. The largest absolute Gasteiger partial charge is 0.494 e. The molecule has 2 aromatic carbocycles. The second kappa shape index (κ2) is 9.42. The molecule has 6 heteroatoms. The zero-order valence-electron chi connectivity index (χ0n) is 13.7. The van der Waals surface area contributed by atoms with Crippen LogP contribution in [0.5, 0.6) is 5.75 Å². The standard InChI is InChI=1S/C19H20FNO4/c20-16-7-9-17(10-8-16)25-13-1-12-21-18(22)11-4-14-2-5-15(6-3-14)19(23)24/h2-3,5-10H,1,4,11-13H2,(H,21,22)(H,23,24). The molecule has 2 rings (SSSR count). The summed E-state index contributed by atoms with van der Waals surface area (Å²) < 4.78 is 18.2. The molecule has 0 aliphatic rings. The fourth-order valence-electron chi connectivity index (χ4n) is 2.18. The van der Waals surface area contributed by atoms with Crippen molar-refractivity contribution in [3.63, 3.8) is 0 Å². The van der Waals surface area contributed by atoms with Gasteiger partial charge in [-0.25, -0.2) is 9.18 Å². The average molecular weight is 345 g/mol. The third-order valence-corrected chi connectivity index (χ3v) is 3.57. The number of aryl methyl sites for hydroxylation is 1. The lowest BCUT2D eigenvalue weighted by molar-refractivity contribution is -0.121. The van der Waals surface area contributed by atoms with E-state index in [-0.39, 0.29) is 17.3 Å². The van der Waals surface area contributed by atoms with Gasteiger partial charge < -0.3 is 15.2 Å². The van der Waals surface area contributed by atoms with E-state index in [4.69, 9.17) is 9.84 Å². The van der Waals surface area contributed by atoms with Gasteiger partial charge in [-0.3, -0.25) is 4.79 Å². The highest BCUT2D eigenvalue weighted by atomic mass is 19.1. The summed E-state index contributed by atoms with van der Waals surface area (Å²) in [6.07, 6.45) is 1.54. The molecule has 132 valence electrons. The van der Waals surface area contributed by atoms with E-state index >= 15 is 0 Å². The second-order valence-electron chi connectivity index (χ2n) is 5.51. The van der Waals surface area contributed by atoms with Crippen molar-refractivity contribution in [2.24, 2.45) is 0 Å². The minimum absolute atomic E-state index is 0.0657. The number of amides is 1. The van der Waals surface area contributed by atoms with E-state index < -0.39 is 5.97 Å². The van der Waals surface area contributed by atoms with Crippen LogP contribution in [0.15, 0.2) is 48.5 Å². The maximum Gasteiger partial charge on any atom is 0.335 e. The van der Waals surface area contributed by atoms with Gasteiger partial charge in [-0.15, -0.1) is 0 Å². The van der Waals surface area contributed by atoms with Crippen molar-refractivity contribution in [3.8, 4) is 5.75 Å². The molecule has 2 aromatic rings. The number of carboxylic acid groups (broad SMARTS) is 1. The Morgan fingerprint density at radius 3 is 2.36 bits per heavy atom. The maximum absolute atomic E-state index is 12.7. The predicted molar refractivity (Wildman–Crippen MR) is 91.2 cm³/mol. The summed E-state index contributed by atoms with van der Waals surface area (Å²) in [5.41, 5.74) is 1.15. The quantitative estimate of drug-likeness (QED) is 0.685. The van der Waals surface area contributed by atoms with Gasteiger partial charge in [0.25, 0.3) is 0 Å². The van der Waals surface area contributed by atoms with Gasteiger partial charge in [-0.2, -0.15) is 0 Å². The number of carbonyl (C=O) groups excluding carboxylic acids is 1. The molecule has 2 N–H and O–H groups in total. The first-order valence-corrected chi connectivity index (χ1v) is 8.02. The molecule has 0 aromatic heterocycles. The Balaban J connectivity index is 1.59. The average Bonchev–Trinajstić information content (AvgIpc) is 2.61. The summed E-state index contributed by atoms with van der Waals surface area (Å²) in [7, 11) is 0. The number of hydrogen-bond acceptors (Lipinski definition) is 3. The molecule has 0 atom stereocenters. The zero-order valence-corrected chi connectivity index (χ0v) is 13.7. The van der Waals surface area contributed by atoms with Crippen LogP contribution in [0.25, 0.3) is 0 Å². The van der Waals surface area contributed by atoms with Crippen LogP contribution in [-0.2, 0) is 11.2 Å². The molecule has 0 fully saturated rings. The smallest absolute Gasteiger partial charge is 0.335 e. The van der Waals surface area contributed by atoms with Crippen LogP contribution in [0.3, 0.4) is 0 Å². The van der Waals surface area contributed by atoms with Crippen molar-refractivity contribution < 1.29 is 23.8 Å². The molecule has 0 unspecified atom stereocenters. The van der Waals surface area contributed by atoms with E-state index in [2.05, 4.69) is 5.32 Å². The summed E-state index contributed by atoms with van der Waals surface area (Å²) >= 11 is 0. The minimum atomic E-state index is -0.966. The number of nitrogens with one attached hydrogen (secondary N) is 1. The third kappa shape index (κ3) is 6.63. The van der Waals surface area contributed by atoms with E-state index in [9.17, 15) is 14.0 Å². The number of rotatable bonds is 9. The van der Waals surface area contributed by atoms with Gasteiger partial charge in [0.1, 0.15) is 11.6 Å². The number of ether oxygens (including phenoxy) is 1. The van der Waals surface area contributed by atoms with E-state index in [1.54, 1.807) is 24.3 Å². The van der Waals surface area contributed by atoms with Crippen LogP contribution < -0.4 is 10.1 Å². The Morgan fingerprint density at radius 1 is 1.04 bits per heavy atom. The molecule has 0 bridgehead atoms. The van der Waals surface area contributed by atoms with Gasteiger partial charge in [-0.05, 0) is 54.8 Å². The lowest BCUT2D eigenvalue weighted by atomic mass is 10.1. The van der Waals surface area contributed by atoms with Gasteiger partial charge >= 0.3 is 5.97 Å². The topological polar surface area (TPSA) is 75.6 Å². The SMILES string of the molecule is O=C(CCc1ccc(C(=O)O)cc1)NCCCOc1ccc(F)cc1. The van der Waals surface area contributed by atoms with Crippen molar-refractivity contribution in [1.29, 1.82) is 0 Å². The first kappa shape index (κ1) is 18.4. The monoisotopic (exact) mass is 345 g/mol. The van der Waals surface area contributed by atoms with Gasteiger partial charge in [-0.1, -0.05) is 12.1 Å². The predicted octanol–water partition coefficient (Wildman–Crippen LogP) is 3.04. The number of halogens is 1. The molecule has 0 radical (unpaired) electrons. The Kier molecular flexibility index (Phi) is 6.95. The van der Waals surface area contributed by atoms with Crippen LogP contribution in [0.4, 0.5) is 4.39 Å². The van der Waals surface area contributed by atoms with Crippen LogP contribution in [-0.4, -0.2) is 30.1 Å². The molecule has 25 heavy (non-hydrogen) atoms. The van der Waals surface area contributed by atoms with Crippen LogP contribution >= 0.6 is 0 Å². The molecule has 0 saturated carbocycles. The lowest BCUT2D eigenvalue weighted by Crippen LogP contribution is -2.25. The minimum Gasteiger partial charge on any atom is -0.494 e. The van der Waals surface area contributed by atoms with Crippen molar-refractivity contribution in [1.82, 2.24) is 5.32 Å². The number of carboxylic acids is 1. The molecule has 0 saturated heterocycles. The number of aromatic carboxylic acids is 1. The molecule has 0 heterocycles. The van der Waals surface area contributed by atoms with E-state index in [0.29, 0.717) is 38.2 Å². The van der Waals surface area contributed by atoms with Gasteiger partial charge in [0.15, 0.2) is 0 Å². The Morgan fingerprint density at radius 2 is 1.72 bits per heavy atom. The first-order chi connectivity index (χ1) is 12.0. The van der Waals surface area contributed by atoms with E-state index in [1.807, 2.05) is 0 Å². The summed E-state index contributed by atoms with van der Waals surface area (Å²) in [6.45, 7) is 0.931. The highest BCUT2D eigenvalue weighted by molar-refractivity contribution is 5.87. The fourth-order valence-corrected chi connectivity index (χ4v) is 2.18. The zero-order chi connectivity index (χ0) is 18.1. The number of benzene rings is 2. The summed E-state index contributed by atoms with van der Waals surface area (Å²) in [6, 6.07) is 12.3. The summed E-state index contributed by atoms with van der Waals surface area (Å²) in [5.74, 6) is -0.744. The van der Waals surface area contributed by atoms with Gasteiger partial charge in [0.05, 0.1) is 12.2 Å². The number of hydrogen-bond donors (Lipinski definition) is 2. The lowest BCUT2D eigenvalue weighted by Gasteiger charge is -2.07. The Labute approximate surface area is 145 Å². The van der Waals surface area contributed by atoms with Crippen molar-refractivity contribution in [3.05, 3.63) is 65.5 Å². The highest BCUT2D eigenvalue weighted by Gasteiger charge is 2.04. The third-order valence-electron chi connectivity index (χ3n) is 3.57. The fraction of sp³-hybridized carbons (Fsp3) is 0.263. The second-order valence-corrected chi connectivity index (χ2v) is 5.51. The maximum atomic E-state index is 12.7. The Bertz CT molecular complexity index is 698. The first-order valence-electron chi connectivity index (χ1n) is 8.02. The molecule has 0 aliphatic carbocycles. The summed E-state index contributed by atoms with van der Waals surface area (Å²) in [5, 5.41) is 11.6. The molecule has 1 amide bonds. The summed E-state index contributed by atoms with van der Waals surface area (Å²) in [4.78, 5) is 22.5. The van der Waals surface area contributed by atoms with Gasteiger partial charge in [0, 0.05) is 13.0 Å². The number of carbonyl (C=O) groups is 2. The molecular weight excluding hydrogens is 325 g/mol. The molecule has 5 nitrogen and oxygen atoms in total. The molecule has 0 aliphatic heterocycles. The van der Waals surface area contributed by atoms with Crippen molar-refractivity contribution in [2.75, 3.05) is 13.2 Å². The van der Waals surface area contributed by atoms with Gasteiger partial charge in [0.2, 0.25) is 5.91 Å². The van der Waals surface area contributed by atoms with Crippen LogP contribution in [0.2, 0.25) is 0 Å². The molecular formula is C19H20FNO4. The van der Waals surface area contributed by atoms with Crippen molar-refractivity contribution >= 4 is 11.9 Å². The van der Waals surface area contributed by atoms with E-state index in [0.717, 1.165) is 5.56 Å². The molecule has 0 spiro atoms. The van der Waals surface area contributed by atoms with Crippen molar-refractivity contribution in [2.45, 2.75) is 19.3 Å². The van der Waals surface area contributed by atoms with E-state index in [1.165, 1.54) is 24.3 Å². The highest BCUT2D eigenvalue weighted by Crippen LogP contribution is 2.11. The van der Waals surface area contributed by atoms with Crippen LogP contribution in [0.1, 0.15) is 28.8 Å². The van der Waals surface area contributed by atoms with Crippen LogP contribution in [0, 0.1) is 5.82 Å².